The molecular formula is C12H19ClIN3. The summed E-state index contributed by atoms with van der Waals surface area (Å²) in [5.41, 5.74) is 11.9. The summed E-state index contributed by atoms with van der Waals surface area (Å²) >= 11 is 5.93. The largest absolute Gasteiger partial charge is 0.370 e. The average Bonchev–Trinajstić information content (AvgIpc) is 2.14. The van der Waals surface area contributed by atoms with E-state index in [1.54, 1.807) is 0 Å². The van der Waals surface area contributed by atoms with Gasteiger partial charge in [-0.3, -0.25) is 4.99 Å². The fraction of sp³-hybridized carbons (Fsp3) is 0.417. The van der Waals surface area contributed by atoms with Crippen molar-refractivity contribution < 1.29 is 0 Å². The zero-order valence-corrected chi connectivity index (χ0v) is 13.2. The molecule has 0 amide bonds. The first-order valence-corrected chi connectivity index (χ1v) is 5.57. The molecular weight excluding hydrogens is 349 g/mol. The maximum absolute atomic E-state index is 5.93. The van der Waals surface area contributed by atoms with Crippen LogP contribution in [0.25, 0.3) is 0 Å². The normalized spacial score (nSPS) is 10.5. The predicted molar refractivity (Wildman–Crippen MR) is 85.0 cm³/mol. The van der Waals surface area contributed by atoms with Crippen LogP contribution in [0.5, 0.6) is 0 Å². The molecule has 17 heavy (non-hydrogen) atoms. The number of hydrogen-bond acceptors (Lipinski definition) is 1. The van der Waals surface area contributed by atoms with Crippen molar-refractivity contribution in [3.05, 3.63) is 34.9 Å². The van der Waals surface area contributed by atoms with Gasteiger partial charge in [-0.25, -0.2) is 0 Å². The van der Waals surface area contributed by atoms with Crippen LogP contribution in [0.15, 0.2) is 29.3 Å². The van der Waals surface area contributed by atoms with Gasteiger partial charge in [0, 0.05) is 11.6 Å². The zero-order valence-electron chi connectivity index (χ0n) is 10.1. The summed E-state index contributed by atoms with van der Waals surface area (Å²) in [5.74, 6) is 0.138. The quantitative estimate of drug-likeness (QED) is 0.488. The van der Waals surface area contributed by atoms with Gasteiger partial charge >= 0.3 is 0 Å². The third kappa shape index (κ3) is 6.73. The number of nitrogens with two attached hydrogens (primary N) is 2. The Kier molecular flexibility index (Phi) is 6.85. The van der Waals surface area contributed by atoms with Gasteiger partial charge in [0.1, 0.15) is 0 Å². The number of benzene rings is 1. The van der Waals surface area contributed by atoms with Crippen LogP contribution in [0.1, 0.15) is 19.4 Å². The van der Waals surface area contributed by atoms with E-state index in [1.807, 2.05) is 18.2 Å². The number of guanidine groups is 1. The van der Waals surface area contributed by atoms with Crippen LogP contribution in [0, 0.1) is 5.41 Å². The Morgan fingerprint density at radius 1 is 1.35 bits per heavy atom. The Bertz CT molecular complexity index is 387. The van der Waals surface area contributed by atoms with Crippen molar-refractivity contribution in [1.29, 1.82) is 0 Å². The maximum Gasteiger partial charge on any atom is 0.185 e. The molecule has 0 radical (unpaired) electrons. The van der Waals surface area contributed by atoms with Crippen molar-refractivity contribution >= 4 is 41.5 Å². The third-order valence-electron chi connectivity index (χ3n) is 2.26. The SMILES string of the molecule is CC(C)(CN=C(N)N)Cc1cccc(Cl)c1.I. The average molecular weight is 368 g/mol. The predicted octanol–water partition coefficient (Wildman–Crippen LogP) is 2.80. The van der Waals surface area contributed by atoms with Crippen LogP contribution in [-0.2, 0) is 6.42 Å². The first kappa shape index (κ1) is 16.5. The zero-order chi connectivity index (χ0) is 12.2. The second-order valence-electron chi connectivity index (χ2n) is 4.71. The van der Waals surface area contributed by atoms with E-state index in [-0.39, 0.29) is 35.4 Å². The smallest absolute Gasteiger partial charge is 0.185 e. The minimum atomic E-state index is 0. The van der Waals surface area contributed by atoms with Gasteiger partial charge in [-0.15, -0.1) is 24.0 Å². The molecule has 0 atom stereocenters. The molecule has 0 aliphatic rings. The van der Waals surface area contributed by atoms with Crippen LogP contribution >= 0.6 is 35.6 Å². The molecule has 5 heteroatoms. The van der Waals surface area contributed by atoms with E-state index >= 15 is 0 Å². The second kappa shape index (κ2) is 7.06. The molecule has 0 saturated carbocycles. The number of nitrogens with zero attached hydrogens (tertiary/aromatic N) is 1. The lowest BCUT2D eigenvalue weighted by atomic mass is 9.86. The van der Waals surface area contributed by atoms with E-state index in [0.29, 0.717) is 6.54 Å². The molecule has 0 bridgehead atoms. The van der Waals surface area contributed by atoms with Crippen molar-refractivity contribution in [2.75, 3.05) is 6.54 Å². The van der Waals surface area contributed by atoms with Gasteiger partial charge in [0.15, 0.2) is 5.96 Å². The van der Waals surface area contributed by atoms with E-state index < -0.39 is 0 Å². The molecule has 3 nitrogen and oxygen atoms in total. The molecule has 0 fully saturated rings. The molecule has 0 aliphatic heterocycles. The van der Waals surface area contributed by atoms with Crippen LogP contribution in [-0.4, -0.2) is 12.5 Å². The minimum Gasteiger partial charge on any atom is -0.370 e. The van der Waals surface area contributed by atoms with E-state index in [4.69, 9.17) is 23.1 Å². The molecule has 96 valence electrons. The van der Waals surface area contributed by atoms with Crippen molar-refractivity contribution in [3.8, 4) is 0 Å². The Morgan fingerprint density at radius 3 is 2.53 bits per heavy atom. The summed E-state index contributed by atoms with van der Waals surface area (Å²) in [6.45, 7) is 4.86. The molecule has 0 heterocycles. The maximum atomic E-state index is 5.93. The summed E-state index contributed by atoms with van der Waals surface area (Å²) in [6.07, 6.45) is 0.893. The molecule has 0 spiro atoms. The van der Waals surface area contributed by atoms with Gasteiger partial charge in [-0.1, -0.05) is 37.6 Å². The first-order valence-electron chi connectivity index (χ1n) is 5.19. The van der Waals surface area contributed by atoms with Crippen molar-refractivity contribution in [3.63, 3.8) is 0 Å². The molecule has 1 rings (SSSR count). The number of aliphatic imine (C=N–C) groups is 1. The fourth-order valence-corrected chi connectivity index (χ4v) is 1.77. The molecule has 0 saturated heterocycles. The van der Waals surface area contributed by atoms with Gasteiger partial charge in [0.25, 0.3) is 0 Å². The number of hydrogen-bond donors (Lipinski definition) is 2. The lowest BCUT2D eigenvalue weighted by molar-refractivity contribution is 0.378. The Hall–Kier alpha value is -0.490. The van der Waals surface area contributed by atoms with Crippen molar-refractivity contribution in [1.82, 2.24) is 0 Å². The van der Waals surface area contributed by atoms with E-state index in [2.05, 4.69) is 24.9 Å². The second-order valence-corrected chi connectivity index (χ2v) is 5.15. The monoisotopic (exact) mass is 367 g/mol. The molecule has 1 aromatic rings. The summed E-state index contributed by atoms with van der Waals surface area (Å²) in [5, 5.41) is 0.759. The standard InChI is InChI=1S/C12H18ClN3.HI/c1-12(2,8-16-11(14)15)7-9-4-3-5-10(13)6-9;/h3-6H,7-8H2,1-2H3,(H4,14,15,16);1H. The first-order chi connectivity index (χ1) is 7.39. The minimum absolute atomic E-state index is 0. The highest BCUT2D eigenvalue weighted by atomic mass is 127. The third-order valence-corrected chi connectivity index (χ3v) is 2.50. The topological polar surface area (TPSA) is 64.4 Å². The molecule has 4 N–H and O–H groups in total. The highest BCUT2D eigenvalue weighted by molar-refractivity contribution is 14.0. The number of rotatable bonds is 4. The lowest BCUT2D eigenvalue weighted by Crippen LogP contribution is -2.27. The summed E-state index contributed by atoms with van der Waals surface area (Å²) in [6, 6.07) is 7.85. The van der Waals surface area contributed by atoms with E-state index in [9.17, 15) is 0 Å². The van der Waals surface area contributed by atoms with Gasteiger partial charge < -0.3 is 11.5 Å². The van der Waals surface area contributed by atoms with Crippen molar-refractivity contribution in [2.24, 2.45) is 21.9 Å². The van der Waals surface area contributed by atoms with Gasteiger partial charge in [-0.2, -0.15) is 0 Å². The summed E-state index contributed by atoms with van der Waals surface area (Å²) < 4.78 is 0. The van der Waals surface area contributed by atoms with Gasteiger partial charge in [-0.05, 0) is 29.5 Å². The van der Waals surface area contributed by atoms with E-state index in [1.165, 1.54) is 5.56 Å². The molecule has 0 aromatic heterocycles. The Labute approximate surface area is 125 Å². The van der Waals surface area contributed by atoms with Gasteiger partial charge in [0.05, 0.1) is 0 Å². The molecule has 0 aliphatic carbocycles. The van der Waals surface area contributed by atoms with E-state index in [0.717, 1.165) is 11.4 Å². The van der Waals surface area contributed by atoms with Crippen molar-refractivity contribution in [2.45, 2.75) is 20.3 Å². The highest BCUT2D eigenvalue weighted by Gasteiger charge is 2.18. The highest BCUT2D eigenvalue weighted by Crippen LogP contribution is 2.23. The molecule has 0 unspecified atom stereocenters. The van der Waals surface area contributed by atoms with Crippen LogP contribution in [0.4, 0.5) is 0 Å². The van der Waals surface area contributed by atoms with Gasteiger partial charge in [0.2, 0.25) is 0 Å². The fourth-order valence-electron chi connectivity index (χ4n) is 1.56. The number of halogens is 2. The lowest BCUT2D eigenvalue weighted by Gasteiger charge is -2.22. The summed E-state index contributed by atoms with van der Waals surface area (Å²) in [7, 11) is 0. The summed E-state index contributed by atoms with van der Waals surface area (Å²) in [4.78, 5) is 4.05. The molecule has 1 aromatic carbocycles. The Balaban J connectivity index is 0.00000256. The van der Waals surface area contributed by atoms with Crippen LogP contribution in [0.2, 0.25) is 5.02 Å². The van der Waals surface area contributed by atoms with Crippen LogP contribution < -0.4 is 11.5 Å². The van der Waals surface area contributed by atoms with Crippen LogP contribution in [0.3, 0.4) is 0 Å². The Morgan fingerprint density at radius 2 is 2.00 bits per heavy atom.